The SMILES string of the molecule is Oc1c(Br)cccc1CNc1cc(C(F)(F)F)ccc1Br. The van der Waals surface area contributed by atoms with Crippen molar-refractivity contribution in [1.82, 2.24) is 0 Å². The number of hydrogen-bond acceptors (Lipinski definition) is 2. The first kappa shape index (κ1) is 16.2. The second kappa shape index (κ2) is 6.27. The van der Waals surface area contributed by atoms with Crippen LogP contribution in [-0.2, 0) is 12.7 Å². The van der Waals surface area contributed by atoms with Crippen molar-refractivity contribution in [3.63, 3.8) is 0 Å². The van der Waals surface area contributed by atoms with Crippen LogP contribution in [0.1, 0.15) is 11.1 Å². The van der Waals surface area contributed by atoms with E-state index in [1.807, 2.05) is 0 Å². The molecule has 7 heteroatoms. The van der Waals surface area contributed by atoms with Gasteiger partial charge in [0.2, 0.25) is 0 Å². The highest BCUT2D eigenvalue weighted by atomic mass is 79.9. The molecule has 2 N–H and O–H groups in total. The zero-order chi connectivity index (χ0) is 15.6. The molecule has 2 aromatic rings. The maximum Gasteiger partial charge on any atom is 0.416 e. The smallest absolute Gasteiger partial charge is 0.416 e. The number of phenolic OH excluding ortho intramolecular Hbond substituents is 1. The van der Waals surface area contributed by atoms with Crippen molar-refractivity contribution in [2.24, 2.45) is 0 Å². The van der Waals surface area contributed by atoms with Crippen LogP contribution in [0.5, 0.6) is 5.75 Å². The molecule has 0 amide bonds. The van der Waals surface area contributed by atoms with Crippen molar-refractivity contribution in [1.29, 1.82) is 0 Å². The van der Waals surface area contributed by atoms with Gasteiger partial charge in [-0.1, -0.05) is 12.1 Å². The Labute approximate surface area is 136 Å². The molecule has 0 radical (unpaired) electrons. The fourth-order valence-electron chi connectivity index (χ4n) is 1.73. The van der Waals surface area contributed by atoms with Crippen LogP contribution in [0.2, 0.25) is 0 Å². The fourth-order valence-corrected chi connectivity index (χ4v) is 2.52. The molecule has 0 saturated carbocycles. The summed E-state index contributed by atoms with van der Waals surface area (Å²) in [6.45, 7) is 0.200. The Hall–Kier alpha value is -1.21. The number of anilines is 1. The molecule has 2 rings (SSSR count). The number of para-hydroxylation sites is 1. The molecule has 0 spiro atoms. The third kappa shape index (κ3) is 3.91. The lowest BCUT2D eigenvalue weighted by molar-refractivity contribution is -0.137. The predicted molar refractivity (Wildman–Crippen MR) is 82.3 cm³/mol. The minimum absolute atomic E-state index is 0.0631. The van der Waals surface area contributed by atoms with Gasteiger partial charge in [0.25, 0.3) is 0 Å². The monoisotopic (exact) mass is 423 g/mol. The molecule has 21 heavy (non-hydrogen) atoms. The quantitative estimate of drug-likeness (QED) is 0.677. The van der Waals surface area contributed by atoms with Gasteiger partial charge in [0.15, 0.2) is 0 Å². The van der Waals surface area contributed by atoms with Crippen LogP contribution in [0, 0.1) is 0 Å². The number of rotatable bonds is 3. The summed E-state index contributed by atoms with van der Waals surface area (Å²) in [4.78, 5) is 0. The molecule has 0 fully saturated rings. The molecule has 0 aliphatic carbocycles. The van der Waals surface area contributed by atoms with E-state index in [0.29, 0.717) is 20.2 Å². The average Bonchev–Trinajstić information content (AvgIpc) is 2.40. The summed E-state index contributed by atoms with van der Waals surface area (Å²) < 4.78 is 39.1. The molecular formula is C14H10Br2F3NO. The summed E-state index contributed by atoms with van der Waals surface area (Å²) in [6, 6.07) is 8.48. The van der Waals surface area contributed by atoms with E-state index in [0.717, 1.165) is 12.1 Å². The molecule has 0 aliphatic heterocycles. The molecule has 0 heterocycles. The number of alkyl halides is 3. The normalized spacial score (nSPS) is 11.5. The lowest BCUT2D eigenvalue weighted by Crippen LogP contribution is -2.07. The van der Waals surface area contributed by atoms with Crippen LogP contribution in [0.15, 0.2) is 45.3 Å². The predicted octanol–water partition coefficient (Wildman–Crippen LogP) is 5.55. The summed E-state index contributed by atoms with van der Waals surface area (Å²) in [5, 5.41) is 12.7. The van der Waals surface area contributed by atoms with E-state index < -0.39 is 11.7 Å². The molecule has 0 unspecified atom stereocenters. The van der Waals surface area contributed by atoms with Crippen molar-refractivity contribution in [3.05, 3.63) is 56.5 Å². The number of benzene rings is 2. The Morgan fingerprint density at radius 3 is 2.43 bits per heavy atom. The molecule has 0 atom stereocenters. The van der Waals surface area contributed by atoms with Crippen LogP contribution < -0.4 is 5.32 Å². The lowest BCUT2D eigenvalue weighted by Gasteiger charge is -2.13. The van der Waals surface area contributed by atoms with Crippen molar-refractivity contribution in [2.45, 2.75) is 12.7 Å². The van der Waals surface area contributed by atoms with Gasteiger partial charge in [-0.25, -0.2) is 0 Å². The summed E-state index contributed by atoms with van der Waals surface area (Å²) in [6.07, 6.45) is -4.39. The van der Waals surface area contributed by atoms with E-state index in [9.17, 15) is 18.3 Å². The van der Waals surface area contributed by atoms with Crippen LogP contribution >= 0.6 is 31.9 Å². The standard InChI is InChI=1S/C14H10Br2F3NO/c15-10-5-4-9(14(17,18)19)6-12(10)20-7-8-2-1-3-11(16)13(8)21/h1-6,20-21H,7H2. The van der Waals surface area contributed by atoms with Gasteiger partial charge in [-0.2, -0.15) is 13.2 Å². The minimum Gasteiger partial charge on any atom is -0.506 e. The maximum atomic E-state index is 12.7. The highest BCUT2D eigenvalue weighted by Gasteiger charge is 2.30. The number of hydrogen-bond donors (Lipinski definition) is 2. The van der Waals surface area contributed by atoms with Crippen molar-refractivity contribution in [3.8, 4) is 5.75 Å². The average molecular weight is 425 g/mol. The van der Waals surface area contributed by atoms with E-state index in [4.69, 9.17) is 0 Å². The third-order valence-corrected chi connectivity index (χ3v) is 4.16. The van der Waals surface area contributed by atoms with Crippen molar-refractivity contribution >= 4 is 37.5 Å². The number of phenols is 1. The zero-order valence-electron chi connectivity index (χ0n) is 10.5. The van der Waals surface area contributed by atoms with Gasteiger partial charge in [-0.05, 0) is 56.1 Å². The fraction of sp³-hybridized carbons (Fsp3) is 0.143. The molecular weight excluding hydrogens is 415 g/mol. The summed E-state index contributed by atoms with van der Waals surface area (Å²) in [5.41, 5.74) is 0.157. The highest BCUT2D eigenvalue weighted by Crippen LogP contribution is 2.34. The van der Waals surface area contributed by atoms with E-state index in [1.54, 1.807) is 18.2 Å². The second-order valence-corrected chi connectivity index (χ2v) is 6.00. The first-order valence-corrected chi connectivity index (χ1v) is 7.44. The number of aromatic hydroxyl groups is 1. The van der Waals surface area contributed by atoms with E-state index in [1.165, 1.54) is 6.07 Å². The minimum atomic E-state index is -4.39. The summed E-state index contributed by atoms with van der Waals surface area (Å²) in [5.74, 6) is 0.0631. The van der Waals surface area contributed by atoms with Gasteiger partial charge < -0.3 is 10.4 Å². The van der Waals surface area contributed by atoms with Crippen molar-refractivity contribution < 1.29 is 18.3 Å². The Morgan fingerprint density at radius 2 is 1.76 bits per heavy atom. The maximum absolute atomic E-state index is 12.7. The van der Waals surface area contributed by atoms with Gasteiger partial charge in [0, 0.05) is 22.3 Å². The van der Waals surface area contributed by atoms with Crippen molar-refractivity contribution in [2.75, 3.05) is 5.32 Å². The molecule has 2 nitrogen and oxygen atoms in total. The molecule has 112 valence electrons. The van der Waals surface area contributed by atoms with Gasteiger partial charge in [0.1, 0.15) is 5.75 Å². The Bertz CT molecular complexity index is 659. The van der Waals surface area contributed by atoms with Crippen LogP contribution in [0.3, 0.4) is 0 Å². The first-order valence-electron chi connectivity index (χ1n) is 5.86. The van der Waals surface area contributed by atoms with Gasteiger partial charge in [-0.3, -0.25) is 0 Å². The molecule has 0 saturated heterocycles. The first-order chi connectivity index (χ1) is 9.79. The highest BCUT2D eigenvalue weighted by molar-refractivity contribution is 9.11. The Morgan fingerprint density at radius 1 is 1.05 bits per heavy atom. The lowest BCUT2D eigenvalue weighted by atomic mass is 10.1. The second-order valence-electron chi connectivity index (χ2n) is 4.29. The number of halogens is 5. The largest absolute Gasteiger partial charge is 0.506 e. The van der Waals surface area contributed by atoms with Crippen LogP contribution in [-0.4, -0.2) is 5.11 Å². The molecule has 2 aromatic carbocycles. The van der Waals surface area contributed by atoms with Gasteiger partial charge >= 0.3 is 6.18 Å². The zero-order valence-corrected chi connectivity index (χ0v) is 13.7. The van der Waals surface area contributed by atoms with E-state index in [-0.39, 0.29) is 12.3 Å². The third-order valence-electron chi connectivity index (χ3n) is 2.83. The topological polar surface area (TPSA) is 32.3 Å². The molecule has 0 bridgehead atoms. The Balaban J connectivity index is 2.22. The summed E-state index contributed by atoms with van der Waals surface area (Å²) >= 11 is 6.39. The van der Waals surface area contributed by atoms with E-state index in [2.05, 4.69) is 37.2 Å². The molecule has 0 aliphatic rings. The van der Waals surface area contributed by atoms with Gasteiger partial charge in [0.05, 0.1) is 10.0 Å². The van der Waals surface area contributed by atoms with Gasteiger partial charge in [-0.15, -0.1) is 0 Å². The Kier molecular flexibility index (Phi) is 4.83. The molecule has 0 aromatic heterocycles. The summed E-state index contributed by atoms with van der Waals surface area (Å²) in [7, 11) is 0. The van der Waals surface area contributed by atoms with E-state index >= 15 is 0 Å². The van der Waals surface area contributed by atoms with Crippen LogP contribution in [0.4, 0.5) is 18.9 Å². The van der Waals surface area contributed by atoms with Crippen LogP contribution in [0.25, 0.3) is 0 Å². The number of nitrogens with one attached hydrogen (secondary N) is 1.